The van der Waals surface area contributed by atoms with Crippen molar-refractivity contribution in [3.05, 3.63) is 54.1 Å². The van der Waals surface area contributed by atoms with E-state index in [4.69, 9.17) is 4.74 Å². The lowest BCUT2D eigenvalue weighted by Gasteiger charge is -2.21. The second-order valence-electron chi connectivity index (χ2n) is 6.69. The summed E-state index contributed by atoms with van der Waals surface area (Å²) in [5.74, 6) is 1.55. The summed E-state index contributed by atoms with van der Waals surface area (Å²) in [6.07, 6.45) is 0.904. The molecule has 0 radical (unpaired) electrons. The van der Waals surface area contributed by atoms with Crippen molar-refractivity contribution in [3.63, 3.8) is 0 Å². The number of carbonyl (C=O) groups excluding carboxylic acids is 1. The van der Waals surface area contributed by atoms with Crippen molar-refractivity contribution in [2.75, 3.05) is 18.6 Å². The first-order valence-electron chi connectivity index (χ1n) is 9.19. The minimum atomic E-state index is -0.264. The first-order valence-corrected chi connectivity index (χ1v) is 10.1. The number of para-hydroxylation sites is 2. The maximum absolute atomic E-state index is 13.0. The normalized spacial score (nSPS) is 14.0. The van der Waals surface area contributed by atoms with E-state index in [9.17, 15) is 4.79 Å². The van der Waals surface area contributed by atoms with Gasteiger partial charge >= 0.3 is 0 Å². The zero-order valence-electron chi connectivity index (χ0n) is 16.1. The van der Waals surface area contributed by atoms with Crippen LogP contribution in [0.3, 0.4) is 0 Å². The minimum absolute atomic E-state index is 0.0943. The van der Waals surface area contributed by atoms with Crippen molar-refractivity contribution in [1.82, 2.24) is 14.8 Å². The van der Waals surface area contributed by atoms with Gasteiger partial charge in [0.2, 0.25) is 5.91 Å². The molecule has 0 bridgehead atoms. The fraction of sp³-hybridized carbons (Fsp3) is 0.286. The van der Waals surface area contributed by atoms with E-state index in [2.05, 4.69) is 16.3 Å². The van der Waals surface area contributed by atoms with Gasteiger partial charge in [0.1, 0.15) is 5.75 Å². The highest BCUT2D eigenvalue weighted by Crippen LogP contribution is 2.33. The lowest BCUT2D eigenvalue weighted by Crippen LogP contribution is -2.35. The van der Waals surface area contributed by atoms with Gasteiger partial charge in [-0.15, -0.1) is 10.2 Å². The number of anilines is 1. The zero-order valence-corrected chi connectivity index (χ0v) is 16.9. The predicted molar refractivity (Wildman–Crippen MR) is 111 cm³/mol. The molecule has 4 rings (SSSR count). The second kappa shape index (κ2) is 7.67. The molecule has 2 aromatic carbocycles. The summed E-state index contributed by atoms with van der Waals surface area (Å²) in [4.78, 5) is 14.9. The number of aromatic nitrogens is 3. The number of carbonyl (C=O) groups is 1. The van der Waals surface area contributed by atoms with Crippen molar-refractivity contribution < 1.29 is 9.53 Å². The van der Waals surface area contributed by atoms with Crippen LogP contribution in [0.25, 0.3) is 11.4 Å². The molecule has 0 fully saturated rings. The summed E-state index contributed by atoms with van der Waals surface area (Å²) in [5, 5.41) is 9.08. The van der Waals surface area contributed by atoms with Gasteiger partial charge in [0.25, 0.3) is 0 Å². The number of hydrogen-bond acceptors (Lipinski definition) is 5. The van der Waals surface area contributed by atoms with Gasteiger partial charge in [-0.05, 0) is 37.1 Å². The number of ether oxygens (including phenoxy) is 1. The molecule has 2 heterocycles. The summed E-state index contributed by atoms with van der Waals surface area (Å²) >= 11 is 1.43. The zero-order chi connectivity index (χ0) is 19.7. The average molecular weight is 395 g/mol. The highest BCUT2D eigenvalue weighted by Gasteiger charge is 2.29. The van der Waals surface area contributed by atoms with Crippen LogP contribution in [0.15, 0.2) is 53.7 Å². The van der Waals surface area contributed by atoms with Gasteiger partial charge in [0, 0.05) is 19.3 Å². The molecule has 0 aliphatic carbocycles. The van der Waals surface area contributed by atoms with E-state index < -0.39 is 0 Å². The molecule has 1 atom stereocenters. The van der Waals surface area contributed by atoms with Crippen LogP contribution in [-0.4, -0.2) is 39.6 Å². The minimum Gasteiger partial charge on any atom is -0.496 e. The van der Waals surface area contributed by atoms with Gasteiger partial charge < -0.3 is 14.2 Å². The standard InChI is InChI=1S/C21H22N4O2S/c1-14(20(26)25-13-12-15-8-4-6-10-17(15)25)28-21-23-22-19(24(21)2)16-9-5-7-11-18(16)27-3/h4-11,14H,12-13H2,1-3H3/t14-/m1/s1. The van der Waals surface area contributed by atoms with E-state index in [0.29, 0.717) is 11.0 Å². The molecule has 1 aliphatic heterocycles. The van der Waals surface area contributed by atoms with Gasteiger partial charge in [-0.3, -0.25) is 4.79 Å². The molecule has 1 aromatic heterocycles. The molecule has 144 valence electrons. The Bertz CT molecular complexity index is 1020. The molecule has 0 saturated heterocycles. The van der Waals surface area contributed by atoms with Crippen LogP contribution in [0.1, 0.15) is 12.5 Å². The summed E-state index contributed by atoms with van der Waals surface area (Å²) < 4.78 is 7.34. The molecule has 0 spiro atoms. The van der Waals surface area contributed by atoms with Crippen LogP contribution in [0.5, 0.6) is 5.75 Å². The molecule has 0 unspecified atom stereocenters. The summed E-state index contributed by atoms with van der Waals surface area (Å²) in [6.45, 7) is 2.65. The van der Waals surface area contributed by atoms with Gasteiger partial charge in [0.05, 0.1) is 17.9 Å². The number of hydrogen-bond donors (Lipinski definition) is 0. The Kier molecular flexibility index (Phi) is 5.09. The van der Waals surface area contributed by atoms with Gasteiger partial charge in [0.15, 0.2) is 11.0 Å². The van der Waals surface area contributed by atoms with Crippen LogP contribution in [-0.2, 0) is 18.3 Å². The number of thioether (sulfide) groups is 1. The van der Waals surface area contributed by atoms with Crippen molar-refractivity contribution in [2.45, 2.75) is 23.8 Å². The third-order valence-electron chi connectivity index (χ3n) is 4.97. The van der Waals surface area contributed by atoms with E-state index in [1.807, 2.05) is 65.9 Å². The Hall–Kier alpha value is -2.80. The summed E-state index contributed by atoms with van der Waals surface area (Å²) in [6, 6.07) is 15.8. The summed E-state index contributed by atoms with van der Waals surface area (Å²) in [5.41, 5.74) is 3.12. The fourth-order valence-corrected chi connectivity index (χ4v) is 4.35. The molecule has 6 nitrogen and oxygen atoms in total. The highest BCUT2D eigenvalue weighted by atomic mass is 32.2. The molecule has 3 aromatic rings. The molecule has 28 heavy (non-hydrogen) atoms. The lowest BCUT2D eigenvalue weighted by atomic mass is 10.2. The molecular weight excluding hydrogens is 372 g/mol. The Labute approximate surface area is 168 Å². The molecule has 1 amide bonds. The molecule has 0 saturated carbocycles. The Morgan fingerprint density at radius 1 is 1.14 bits per heavy atom. The second-order valence-corrected chi connectivity index (χ2v) is 8.00. The Morgan fingerprint density at radius 3 is 2.71 bits per heavy atom. The van der Waals surface area contributed by atoms with Crippen LogP contribution >= 0.6 is 11.8 Å². The number of benzene rings is 2. The van der Waals surface area contributed by atoms with Crippen LogP contribution < -0.4 is 9.64 Å². The largest absolute Gasteiger partial charge is 0.496 e. The molecule has 1 aliphatic rings. The van der Waals surface area contributed by atoms with E-state index in [1.165, 1.54) is 17.3 Å². The maximum atomic E-state index is 13.0. The van der Waals surface area contributed by atoms with Crippen molar-refractivity contribution in [1.29, 1.82) is 0 Å². The monoisotopic (exact) mass is 394 g/mol. The van der Waals surface area contributed by atoms with E-state index in [1.54, 1.807) is 7.11 Å². The quantitative estimate of drug-likeness (QED) is 0.619. The van der Waals surface area contributed by atoms with Crippen molar-refractivity contribution in [3.8, 4) is 17.1 Å². The third-order valence-corrected chi connectivity index (χ3v) is 6.09. The van der Waals surface area contributed by atoms with Gasteiger partial charge in [-0.25, -0.2) is 0 Å². The van der Waals surface area contributed by atoms with Gasteiger partial charge in [-0.1, -0.05) is 42.1 Å². The van der Waals surface area contributed by atoms with E-state index >= 15 is 0 Å². The van der Waals surface area contributed by atoms with Crippen LogP contribution in [0.2, 0.25) is 0 Å². The number of methoxy groups -OCH3 is 1. The smallest absolute Gasteiger partial charge is 0.240 e. The van der Waals surface area contributed by atoms with Crippen molar-refractivity contribution >= 4 is 23.4 Å². The lowest BCUT2D eigenvalue weighted by molar-refractivity contribution is -0.117. The fourth-order valence-electron chi connectivity index (χ4n) is 3.48. The number of amides is 1. The Morgan fingerprint density at radius 2 is 1.89 bits per heavy atom. The highest BCUT2D eigenvalue weighted by molar-refractivity contribution is 8.00. The van der Waals surface area contributed by atoms with Gasteiger partial charge in [-0.2, -0.15) is 0 Å². The average Bonchev–Trinajstić information content (AvgIpc) is 3.31. The van der Waals surface area contributed by atoms with E-state index in [-0.39, 0.29) is 11.2 Å². The number of fused-ring (bicyclic) bond motifs is 1. The van der Waals surface area contributed by atoms with E-state index in [0.717, 1.165) is 30.0 Å². The van der Waals surface area contributed by atoms with Crippen LogP contribution in [0, 0.1) is 0 Å². The van der Waals surface area contributed by atoms with Crippen molar-refractivity contribution in [2.24, 2.45) is 7.05 Å². The SMILES string of the molecule is COc1ccccc1-c1nnc(S[C@H](C)C(=O)N2CCc3ccccc32)n1C. The number of nitrogens with zero attached hydrogens (tertiary/aromatic N) is 4. The van der Waals surface area contributed by atoms with Crippen LogP contribution in [0.4, 0.5) is 5.69 Å². The first-order chi connectivity index (χ1) is 13.6. The molecule has 7 heteroatoms. The summed E-state index contributed by atoms with van der Waals surface area (Å²) in [7, 11) is 3.55. The number of rotatable bonds is 5. The third kappa shape index (κ3) is 3.26. The Balaban J connectivity index is 1.54. The molecule has 0 N–H and O–H groups in total. The predicted octanol–water partition coefficient (Wildman–Crippen LogP) is 3.56. The molecular formula is C21H22N4O2S. The first kappa shape index (κ1) is 18.6. The topological polar surface area (TPSA) is 60.3 Å². The maximum Gasteiger partial charge on any atom is 0.240 e.